The predicted octanol–water partition coefficient (Wildman–Crippen LogP) is 2.62. The molecule has 2 unspecified atom stereocenters. The van der Waals surface area contributed by atoms with Crippen molar-refractivity contribution in [2.24, 2.45) is 0 Å². The fourth-order valence-corrected chi connectivity index (χ4v) is 3.91. The van der Waals surface area contributed by atoms with Crippen LogP contribution in [0.15, 0.2) is 41.1 Å². The summed E-state index contributed by atoms with van der Waals surface area (Å²) in [6, 6.07) is 8.54. The molecule has 8 nitrogen and oxygen atoms in total. The highest BCUT2D eigenvalue weighted by atomic mass is 79.9. The number of aromatic nitrogens is 7. The monoisotopic (exact) mass is 410 g/mol. The van der Waals surface area contributed by atoms with Crippen LogP contribution in [0.3, 0.4) is 0 Å². The van der Waals surface area contributed by atoms with Gasteiger partial charge in [-0.05, 0) is 45.6 Å². The van der Waals surface area contributed by atoms with Crippen LogP contribution in [-0.2, 0) is 6.42 Å². The van der Waals surface area contributed by atoms with E-state index in [1.54, 1.807) is 10.7 Å². The Labute approximate surface area is 157 Å². The zero-order chi connectivity index (χ0) is 17.7. The van der Waals surface area contributed by atoms with Gasteiger partial charge in [0.2, 0.25) is 5.82 Å². The van der Waals surface area contributed by atoms with E-state index in [0.717, 1.165) is 27.8 Å². The number of halogens is 1. The van der Waals surface area contributed by atoms with Gasteiger partial charge < -0.3 is 5.32 Å². The van der Waals surface area contributed by atoms with Crippen molar-refractivity contribution < 1.29 is 0 Å². The lowest BCUT2D eigenvalue weighted by Gasteiger charge is -2.31. The van der Waals surface area contributed by atoms with Crippen molar-refractivity contribution in [3.05, 3.63) is 58.0 Å². The SMILES string of the molecule is CC1NC(c2cc3ncc(Br)cn3n2)Cc2c(-c3nn[nH]n3)cccc21. The molecule has 0 spiro atoms. The van der Waals surface area contributed by atoms with E-state index in [1.807, 2.05) is 24.4 Å². The van der Waals surface area contributed by atoms with Crippen LogP contribution < -0.4 is 5.32 Å². The quantitative estimate of drug-likeness (QED) is 0.527. The standard InChI is InChI=1S/C17H15BrN8/c1-9-11-3-2-4-12(17-21-24-25-22-17)13(11)5-14(20-9)15-6-16-19-7-10(18)8-26(16)23-15/h2-4,6-9,14,20H,5H2,1H3,(H,21,22,24,25). The number of rotatable bonds is 2. The molecule has 2 N–H and O–H groups in total. The third-order valence-electron chi connectivity index (χ3n) is 4.78. The molecular weight excluding hydrogens is 396 g/mol. The lowest BCUT2D eigenvalue weighted by atomic mass is 9.86. The van der Waals surface area contributed by atoms with Gasteiger partial charge in [-0.2, -0.15) is 10.3 Å². The van der Waals surface area contributed by atoms with Gasteiger partial charge in [0.05, 0.1) is 16.2 Å². The molecule has 1 aliphatic rings. The van der Waals surface area contributed by atoms with Gasteiger partial charge in [0, 0.05) is 30.1 Å². The summed E-state index contributed by atoms with van der Waals surface area (Å²) in [7, 11) is 0. The maximum atomic E-state index is 4.71. The molecule has 0 amide bonds. The van der Waals surface area contributed by atoms with Crippen molar-refractivity contribution in [1.82, 2.24) is 40.5 Å². The largest absolute Gasteiger partial charge is 0.302 e. The zero-order valence-electron chi connectivity index (χ0n) is 13.9. The van der Waals surface area contributed by atoms with E-state index in [2.05, 4.69) is 59.8 Å². The van der Waals surface area contributed by atoms with Gasteiger partial charge in [-0.15, -0.1) is 10.2 Å². The molecule has 0 bridgehead atoms. The number of hydrogen-bond acceptors (Lipinski definition) is 6. The molecule has 2 atom stereocenters. The molecule has 4 aromatic rings. The molecule has 4 heterocycles. The molecule has 0 radical (unpaired) electrons. The Bertz CT molecular complexity index is 1090. The fraction of sp³-hybridized carbons (Fsp3) is 0.235. The van der Waals surface area contributed by atoms with E-state index < -0.39 is 0 Å². The molecule has 0 saturated carbocycles. The molecular formula is C17H15BrN8. The summed E-state index contributed by atoms with van der Waals surface area (Å²) in [5.74, 6) is 0.621. The Morgan fingerprint density at radius 3 is 3.08 bits per heavy atom. The Balaban J connectivity index is 1.58. The minimum Gasteiger partial charge on any atom is -0.302 e. The lowest BCUT2D eigenvalue weighted by molar-refractivity contribution is 0.425. The summed E-state index contributed by atoms with van der Waals surface area (Å²) in [5.41, 5.74) is 5.30. The fourth-order valence-electron chi connectivity index (χ4n) is 3.61. The second-order valence-corrected chi connectivity index (χ2v) is 7.31. The normalized spacial score (nSPS) is 19.6. The molecule has 26 heavy (non-hydrogen) atoms. The topological polar surface area (TPSA) is 96.7 Å². The number of nitrogens with one attached hydrogen (secondary N) is 2. The van der Waals surface area contributed by atoms with E-state index in [-0.39, 0.29) is 12.1 Å². The number of aromatic amines is 1. The second kappa shape index (κ2) is 5.96. The summed E-state index contributed by atoms with van der Waals surface area (Å²) >= 11 is 3.44. The van der Waals surface area contributed by atoms with E-state index in [1.165, 1.54) is 11.1 Å². The van der Waals surface area contributed by atoms with Gasteiger partial charge in [0.25, 0.3) is 0 Å². The molecule has 9 heteroatoms. The van der Waals surface area contributed by atoms with Crippen LogP contribution in [0.2, 0.25) is 0 Å². The first-order chi connectivity index (χ1) is 12.7. The summed E-state index contributed by atoms with van der Waals surface area (Å²) in [6.45, 7) is 2.16. The third kappa shape index (κ3) is 2.51. The minimum absolute atomic E-state index is 0.0889. The van der Waals surface area contributed by atoms with Gasteiger partial charge in [0.1, 0.15) is 0 Å². The van der Waals surface area contributed by atoms with E-state index >= 15 is 0 Å². The van der Waals surface area contributed by atoms with Crippen molar-refractivity contribution in [3.63, 3.8) is 0 Å². The zero-order valence-corrected chi connectivity index (χ0v) is 15.5. The van der Waals surface area contributed by atoms with E-state index in [4.69, 9.17) is 5.10 Å². The molecule has 0 aliphatic carbocycles. The maximum absolute atomic E-state index is 4.71. The van der Waals surface area contributed by atoms with Crippen LogP contribution in [0.25, 0.3) is 17.0 Å². The third-order valence-corrected chi connectivity index (χ3v) is 5.19. The highest BCUT2D eigenvalue weighted by Crippen LogP contribution is 2.36. The smallest absolute Gasteiger partial charge is 0.204 e. The number of benzene rings is 1. The van der Waals surface area contributed by atoms with Crippen LogP contribution in [0.4, 0.5) is 0 Å². The number of nitrogens with zero attached hydrogens (tertiary/aromatic N) is 6. The highest BCUT2D eigenvalue weighted by Gasteiger charge is 2.29. The average molecular weight is 411 g/mol. The lowest BCUT2D eigenvalue weighted by Crippen LogP contribution is -2.32. The molecule has 0 saturated heterocycles. The van der Waals surface area contributed by atoms with Gasteiger partial charge in [0.15, 0.2) is 5.65 Å². The first kappa shape index (κ1) is 15.6. The van der Waals surface area contributed by atoms with Gasteiger partial charge >= 0.3 is 0 Å². The average Bonchev–Trinajstić information content (AvgIpc) is 3.30. The Hall–Kier alpha value is -2.65. The molecule has 1 aliphatic heterocycles. The molecule has 0 fully saturated rings. The van der Waals surface area contributed by atoms with Crippen LogP contribution in [0.5, 0.6) is 0 Å². The summed E-state index contributed by atoms with van der Waals surface area (Å²) in [4.78, 5) is 4.41. The first-order valence-corrected chi connectivity index (χ1v) is 9.11. The summed E-state index contributed by atoms with van der Waals surface area (Å²) in [6.07, 6.45) is 4.49. The van der Waals surface area contributed by atoms with Crippen molar-refractivity contribution >= 4 is 21.6 Å². The van der Waals surface area contributed by atoms with Gasteiger partial charge in [-0.3, -0.25) is 0 Å². The van der Waals surface area contributed by atoms with Crippen molar-refractivity contribution in [2.45, 2.75) is 25.4 Å². The van der Waals surface area contributed by atoms with Crippen molar-refractivity contribution in [3.8, 4) is 11.4 Å². The van der Waals surface area contributed by atoms with E-state index in [9.17, 15) is 0 Å². The Kier molecular flexibility index (Phi) is 3.57. The Morgan fingerprint density at radius 2 is 2.23 bits per heavy atom. The van der Waals surface area contributed by atoms with Crippen molar-refractivity contribution in [1.29, 1.82) is 0 Å². The van der Waals surface area contributed by atoms with E-state index in [0.29, 0.717) is 5.82 Å². The van der Waals surface area contributed by atoms with Crippen LogP contribution in [0, 0.1) is 0 Å². The van der Waals surface area contributed by atoms with Gasteiger partial charge in [-0.1, -0.05) is 18.2 Å². The van der Waals surface area contributed by atoms with Crippen LogP contribution in [-0.4, -0.2) is 35.2 Å². The highest BCUT2D eigenvalue weighted by molar-refractivity contribution is 9.10. The number of H-pyrrole nitrogens is 1. The number of fused-ring (bicyclic) bond motifs is 2. The summed E-state index contributed by atoms with van der Waals surface area (Å²) < 4.78 is 2.70. The molecule has 1 aromatic carbocycles. The van der Waals surface area contributed by atoms with Crippen LogP contribution >= 0.6 is 15.9 Å². The van der Waals surface area contributed by atoms with Crippen molar-refractivity contribution in [2.75, 3.05) is 0 Å². The Morgan fingerprint density at radius 1 is 1.31 bits per heavy atom. The molecule has 3 aromatic heterocycles. The molecule has 5 rings (SSSR count). The predicted molar refractivity (Wildman–Crippen MR) is 98.3 cm³/mol. The number of tetrazole rings is 1. The maximum Gasteiger partial charge on any atom is 0.204 e. The van der Waals surface area contributed by atoms with Gasteiger partial charge in [-0.25, -0.2) is 9.50 Å². The van der Waals surface area contributed by atoms with Crippen LogP contribution in [0.1, 0.15) is 35.8 Å². The minimum atomic E-state index is 0.0889. The summed E-state index contributed by atoms with van der Waals surface area (Å²) in [5, 5.41) is 22.9. The first-order valence-electron chi connectivity index (χ1n) is 8.31. The molecule has 130 valence electrons. The second-order valence-electron chi connectivity index (χ2n) is 6.40. The number of hydrogen-bond donors (Lipinski definition) is 2.